The Balaban J connectivity index is 1.99. The van der Waals surface area contributed by atoms with Gasteiger partial charge in [-0.25, -0.2) is 48.1 Å². The number of benzene rings is 2. The van der Waals surface area contributed by atoms with Crippen LogP contribution in [0.25, 0.3) is 52.9 Å². The third-order valence-electron chi connectivity index (χ3n) is 6.95. The van der Waals surface area contributed by atoms with E-state index in [0.717, 1.165) is 12.3 Å². The van der Waals surface area contributed by atoms with Crippen LogP contribution in [0.2, 0.25) is 0 Å². The topological polar surface area (TPSA) is 138 Å². The quantitative estimate of drug-likeness (QED) is 0.133. The van der Waals surface area contributed by atoms with Crippen molar-refractivity contribution >= 4 is 39.2 Å². The molecule has 0 saturated carbocycles. The zero-order valence-electron chi connectivity index (χ0n) is 22.3. The van der Waals surface area contributed by atoms with Crippen molar-refractivity contribution < 1.29 is 17.6 Å². The Morgan fingerprint density at radius 3 is 1.91 bits per heavy atom. The van der Waals surface area contributed by atoms with Crippen molar-refractivity contribution in [1.29, 1.82) is 21.0 Å². The molecule has 0 spiro atoms. The maximum atomic E-state index is 16.9. The maximum absolute atomic E-state index is 16.9. The molecule has 3 aromatic rings. The molecule has 5 rings (SSSR count). The molecule has 0 N–H and O–H groups in total. The van der Waals surface area contributed by atoms with Gasteiger partial charge in [0.1, 0.15) is 29.6 Å². The molecule has 0 fully saturated rings. The van der Waals surface area contributed by atoms with Crippen LogP contribution in [-0.2, 0) is 0 Å². The molecule has 0 unspecified atom stereocenters. The van der Waals surface area contributed by atoms with Gasteiger partial charge in [0.05, 0.1) is 49.6 Å². The number of hydrogen-bond acceptors (Lipinski definition) is 6. The van der Waals surface area contributed by atoms with Crippen molar-refractivity contribution in [3.63, 3.8) is 0 Å². The van der Waals surface area contributed by atoms with E-state index in [0.29, 0.717) is 12.1 Å². The lowest BCUT2D eigenvalue weighted by Crippen LogP contribution is -2.02. The number of allylic oxidation sites excluding steroid dienone is 7. The van der Waals surface area contributed by atoms with Crippen molar-refractivity contribution in [2.45, 2.75) is 0 Å². The molecular formula is C32H4F4N10. The molecule has 2 aliphatic rings. The highest BCUT2D eigenvalue weighted by atomic mass is 19.1. The molecule has 0 aliphatic heterocycles. The smallest absolute Gasteiger partial charge is 0.237 e. The van der Waals surface area contributed by atoms with E-state index in [2.05, 4.69) is 29.3 Å². The largest absolute Gasteiger partial charge is 0.270 e. The van der Waals surface area contributed by atoms with Gasteiger partial charge in [-0.2, -0.15) is 19.9 Å². The van der Waals surface area contributed by atoms with E-state index >= 15 is 13.2 Å². The van der Waals surface area contributed by atoms with Gasteiger partial charge in [0, 0.05) is 39.6 Å². The average molecular weight is 604 g/mol. The van der Waals surface area contributed by atoms with Crippen LogP contribution in [0.5, 0.6) is 0 Å². The maximum Gasteiger partial charge on any atom is 0.270 e. The SMILES string of the molecule is [C-]#[N+]C1=C(c2cc(F)c([N+]#[C-])cc2F)/C(=C(/C#N)[N+]#[C-])c2cc3c(c(F)c21)/C(=C(/C#N)[N+]#[C-])C(c1cnc(C#N)nc1F)=C3C#N. The van der Waals surface area contributed by atoms with Crippen molar-refractivity contribution in [3.8, 4) is 24.3 Å². The first-order valence-corrected chi connectivity index (χ1v) is 12.1. The van der Waals surface area contributed by atoms with Crippen LogP contribution >= 0.6 is 0 Å². The van der Waals surface area contributed by atoms with E-state index in [1.807, 2.05) is 0 Å². The van der Waals surface area contributed by atoms with Gasteiger partial charge < -0.3 is 0 Å². The molecule has 1 heterocycles. The Morgan fingerprint density at radius 1 is 0.696 bits per heavy atom. The zero-order chi connectivity index (χ0) is 33.4. The van der Waals surface area contributed by atoms with Crippen LogP contribution in [0.3, 0.4) is 0 Å². The summed E-state index contributed by atoms with van der Waals surface area (Å²) in [6.07, 6.45) is 0.800. The van der Waals surface area contributed by atoms with Crippen LogP contribution in [0.1, 0.15) is 39.2 Å². The predicted octanol–water partition coefficient (Wildman–Crippen LogP) is 7.01. The zero-order valence-corrected chi connectivity index (χ0v) is 22.3. The molecule has 0 amide bonds. The van der Waals surface area contributed by atoms with Crippen molar-refractivity contribution in [2.24, 2.45) is 0 Å². The van der Waals surface area contributed by atoms with Gasteiger partial charge in [0.15, 0.2) is 0 Å². The number of halogens is 4. The van der Waals surface area contributed by atoms with Crippen LogP contribution in [-0.4, -0.2) is 9.97 Å². The van der Waals surface area contributed by atoms with Crippen molar-refractivity contribution in [3.05, 3.63) is 144 Å². The van der Waals surface area contributed by atoms with E-state index in [-0.39, 0.29) is 11.1 Å². The van der Waals surface area contributed by atoms with Gasteiger partial charge in [0.2, 0.25) is 23.2 Å². The minimum atomic E-state index is -1.36. The lowest BCUT2D eigenvalue weighted by molar-refractivity contribution is 0.573. The van der Waals surface area contributed by atoms with Crippen molar-refractivity contribution in [2.75, 3.05) is 0 Å². The van der Waals surface area contributed by atoms with E-state index in [1.165, 1.54) is 6.07 Å². The summed E-state index contributed by atoms with van der Waals surface area (Å²) in [7, 11) is 0. The van der Waals surface area contributed by atoms with E-state index in [1.54, 1.807) is 18.2 Å². The highest BCUT2D eigenvalue weighted by molar-refractivity contribution is 6.29. The summed E-state index contributed by atoms with van der Waals surface area (Å²) < 4.78 is 62.3. The van der Waals surface area contributed by atoms with E-state index in [4.69, 9.17) is 31.6 Å². The second kappa shape index (κ2) is 11.1. The molecular weight excluding hydrogens is 600 g/mol. The third-order valence-corrected chi connectivity index (χ3v) is 6.95. The molecule has 14 heteroatoms. The Hall–Kier alpha value is -7.88. The van der Waals surface area contributed by atoms with Gasteiger partial charge in [-0.05, 0) is 34.9 Å². The predicted molar refractivity (Wildman–Crippen MR) is 150 cm³/mol. The minimum absolute atomic E-state index is 0.357. The first-order chi connectivity index (χ1) is 22.1. The molecule has 10 nitrogen and oxygen atoms in total. The Morgan fingerprint density at radius 2 is 1.37 bits per heavy atom. The number of nitrogens with zero attached hydrogens (tertiary/aromatic N) is 10. The molecule has 0 bridgehead atoms. The minimum Gasteiger partial charge on any atom is -0.237 e. The fourth-order valence-corrected chi connectivity index (χ4v) is 5.20. The Bertz CT molecular complexity index is 2470. The Kier molecular flexibility index (Phi) is 7.13. The second-order valence-corrected chi connectivity index (χ2v) is 9.03. The molecule has 0 radical (unpaired) electrons. The third kappa shape index (κ3) is 4.03. The molecule has 1 aromatic heterocycles. The number of fused-ring (bicyclic) bond motifs is 2. The van der Waals surface area contributed by atoms with Gasteiger partial charge in [-0.3, -0.25) is 0 Å². The summed E-state index contributed by atoms with van der Waals surface area (Å²) >= 11 is 0. The highest BCUT2D eigenvalue weighted by Crippen LogP contribution is 2.56. The van der Waals surface area contributed by atoms with Crippen LogP contribution in [0.15, 0.2) is 35.8 Å². The molecule has 0 saturated heterocycles. The number of hydrogen-bond donors (Lipinski definition) is 0. The normalized spacial score (nSPS) is 14.7. The summed E-state index contributed by atoms with van der Waals surface area (Å²) in [6.45, 7) is 30.0. The van der Waals surface area contributed by atoms with Gasteiger partial charge in [-0.1, -0.05) is 0 Å². The van der Waals surface area contributed by atoms with Crippen LogP contribution in [0.4, 0.5) is 23.2 Å². The second-order valence-electron chi connectivity index (χ2n) is 9.03. The van der Waals surface area contributed by atoms with E-state index < -0.39 is 102 Å². The molecule has 0 atom stereocenters. The van der Waals surface area contributed by atoms with Gasteiger partial charge in [0.25, 0.3) is 11.4 Å². The standard InChI is InChI=1S/C32H4F4N10/c1-41-20-7-18(33)14(6-19(20)34)27-25(21(9-38)42-2)15-5-13-16(8-37)24(17-12-45-23(11-40)46-32(17)36)29(22(10-39)43-3)26(13)30(35)28(15)31(27)44-4/h5-7,12H/b25-21-,29-22-. The lowest BCUT2D eigenvalue weighted by Gasteiger charge is -2.13. The summed E-state index contributed by atoms with van der Waals surface area (Å²) in [5.74, 6) is -5.76. The summed E-state index contributed by atoms with van der Waals surface area (Å²) in [4.78, 5) is 19.5. The van der Waals surface area contributed by atoms with Crippen molar-refractivity contribution in [1.82, 2.24) is 9.97 Å². The van der Waals surface area contributed by atoms with Gasteiger partial charge in [-0.15, -0.1) is 0 Å². The summed E-state index contributed by atoms with van der Waals surface area (Å²) in [6, 6.07) is 8.59. The highest BCUT2D eigenvalue weighted by Gasteiger charge is 2.41. The fraction of sp³-hybridized carbons (Fsp3) is 0. The Labute approximate surface area is 256 Å². The monoisotopic (exact) mass is 604 g/mol. The number of rotatable bonds is 2. The first-order valence-electron chi connectivity index (χ1n) is 12.1. The van der Waals surface area contributed by atoms with Gasteiger partial charge >= 0.3 is 0 Å². The summed E-state index contributed by atoms with van der Waals surface area (Å²) in [5.41, 5.74) is -8.85. The molecule has 46 heavy (non-hydrogen) atoms. The fourth-order valence-electron chi connectivity index (χ4n) is 5.20. The van der Waals surface area contributed by atoms with Crippen LogP contribution in [0, 0.1) is 95.0 Å². The lowest BCUT2D eigenvalue weighted by atomic mass is 9.91. The van der Waals surface area contributed by atoms with E-state index in [9.17, 15) is 20.2 Å². The average Bonchev–Trinajstić information content (AvgIpc) is 3.56. The molecule has 2 aromatic carbocycles. The summed E-state index contributed by atoms with van der Waals surface area (Å²) in [5, 5.41) is 38.9. The first kappa shape index (κ1) is 29.6. The van der Waals surface area contributed by atoms with Crippen LogP contribution < -0.4 is 0 Å². The molecule has 210 valence electrons. The molecule has 2 aliphatic carbocycles. The number of aromatic nitrogens is 2. The number of nitriles is 4.